The van der Waals surface area contributed by atoms with Gasteiger partial charge in [-0.05, 0) is 30.6 Å². The summed E-state index contributed by atoms with van der Waals surface area (Å²) in [6.07, 6.45) is 4.17. The lowest BCUT2D eigenvalue weighted by atomic mass is 10.00. The first kappa shape index (κ1) is 9.25. The fraction of sp³-hybridized carbons (Fsp3) is 0.750. The molecule has 0 aliphatic heterocycles. The zero-order valence-corrected chi connectivity index (χ0v) is 9.75. The van der Waals surface area contributed by atoms with E-state index in [1.807, 2.05) is 11.7 Å². The summed E-state index contributed by atoms with van der Waals surface area (Å²) in [6.45, 7) is 4.41. The number of nitrogen functional groups attached to an aromatic ring is 1. The molecule has 1 aromatic heterocycles. The number of hydrogen-bond acceptors (Lipinski definition) is 2. The Labute approximate surface area is 90.7 Å². The van der Waals surface area contributed by atoms with Crippen molar-refractivity contribution in [3.05, 3.63) is 11.3 Å². The Morgan fingerprint density at radius 1 is 1.47 bits per heavy atom. The van der Waals surface area contributed by atoms with Crippen LogP contribution in [0.5, 0.6) is 0 Å². The van der Waals surface area contributed by atoms with Crippen molar-refractivity contribution in [1.82, 2.24) is 9.78 Å². The van der Waals surface area contributed by atoms with Crippen LogP contribution >= 0.6 is 0 Å². The number of hydrogen-bond donors (Lipinski definition) is 1. The molecule has 2 aliphatic rings. The lowest BCUT2D eigenvalue weighted by Crippen LogP contribution is -2.00. The van der Waals surface area contributed by atoms with Gasteiger partial charge in [0.1, 0.15) is 5.82 Å². The molecule has 15 heavy (non-hydrogen) atoms. The number of nitrogens with two attached hydrogens (primary N) is 1. The molecule has 1 atom stereocenters. The normalized spacial score (nSPS) is 26.3. The number of nitrogens with zero attached hydrogens (tertiary/aromatic N) is 2. The van der Waals surface area contributed by atoms with E-state index < -0.39 is 0 Å². The minimum Gasteiger partial charge on any atom is -0.384 e. The highest BCUT2D eigenvalue weighted by atomic mass is 15.3. The van der Waals surface area contributed by atoms with Crippen LogP contribution in [0.4, 0.5) is 5.82 Å². The van der Waals surface area contributed by atoms with Crippen molar-refractivity contribution < 1.29 is 0 Å². The molecule has 0 bridgehead atoms. The maximum Gasteiger partial charge on any atom is 0.125 e. The van der Waals surface area contributed by atoms with Gasteiger partial charge in [0.2, 0.25) is 0 Å². The summed E-state index contributed by atoms with van der Waals surface area (Å²) in [6, 6.07) is 0. The summed E-state index contributed by atoms with van der Waals surface area (Å²) >= 11 is 0. The van der Waals surface area contributed by atoms with E-state index in [9.17, 15) is 0 Å². The highest BCUT2D eigenvalue weighted by Gasteiger charge is 2.64. The van der Waals surface area contributed by atoms with Gasteiger partial charge < -0.3 is 5.73 Å². The van der Waals surface area contributed by atoms with Crippen molar-refractivity contribution in [2.75, 3.05) is 5.73 Å². The third kappa shape index (κ3) is 1.15. The average molecular weight is 205 g/mol. The van der Waals surface area contributed by atoms with Crippen LogP contribution in [-0.2, 0) is 7.05 Å². The Bertz CT molecular complexity index is 413. The van der Waals surface area contributed by atoms with E-state index in [-0.39, 0.29) is 0 Å². The Hall–Kier alpha value is -0.990. The standard InChI is InChI=1S/C12H19N3/c1-7(2)9-10(14-15(3)11(9)13)8-6-12(8)4-5-12/h7-8H,4-6,13H2,1-3H3. The minimum atomic E-state index is 0.491. The summed E-state index contributed by atoms with van der Waals surface area (Å²) < 4.78 is 1.85. The predicted molar refractivity (Wildman–Crippen MR) is 60.7 cm³/mol. The molecule has 3 nitrogen and oxygen atoms in total. The largest absolute Gasteiger partial charge is 0.384 e. The first-order chi connectivity index (χ1) is 7.05. The van der Waals surface area contributed by atoms with Gasteiger partial charge >= 0.3 is 0 Å². The quantitative estimate of drug-likeness (QED) is 0.805. The summed E-state index contributed by atoms with van der Waals surface area (Å²) in [4.78, 5) is 0. The SMILES string of the molecule is CC(C)c1c(C2CC23CC3)nn(C)c1N. The summed E-state index contributed by atoms with van der Waals surface area (Å²) in [5, 5.41) is 4.62. The van der Waals surface area contributed by atoms with Crippen molar-refractivity contribution in [2.45, 2.75) is 44.9 Å². The van der Waals surface area contributed by atoms with Crippen molar-refractivity contribution in [1.29, 1.82) is 0 Å². The molecule has 1 spiro atoms. The van der Waals surface area contributed by atoms with Crippen LogP contribution in [0.25, 0.3) is 0 Å². The first-order valence-electron chi connectivity index (χ1n) is 5.87. The van der Waals surface area contributed by atoms with Crippen molar-refractivity contribution in [2.24, 2.45) is 12.5 Å². The van der Waals surface area contributed by atoms with Crippen molar-refractivity contribution in [3.8, 4) is 0 Å². The molecule has 2 fully saturated rings. The highest BCUT2D eigenvalue weighted by Crippen LogP contribution is 2.75. The topological polar surface area (TPSA) is 43.8 Å². The fourth-order valence-electron chi connectivity index (χ4n) is 2.87. The summed E-state index contributed by atoms with van der Waals surface area (Å²) in [5.74, 6) is 2.08. The molecule has 0 amide bonds. The van der Waals surface area contributed by atoms with E-state index in [1.165, 1.54) is 30.5 Å². The molecule has 1 unspecified atom stereocenters. The lowest BCUT2D eigenvalue weighted by molar-refractivity contribution is 0.729. The van der Waals surface area contributed by atoms with E-state index in [1.54, 1.807) is 0 Å². The van der Waals surface area contributed by atoms with E-state index in [0.717, 1.165) is 11.7 Å². The molecule has 0 aromatic carbocycles. The smallest absolute Gasteiger partial charge is 0.125 e. The third-order valence-electron chi connectivity index (χ3n) is 4.15. The van der Waals surface area contributed by atoms with E-state index >= 15 is 0 Å². The van der Waals surface area contributed by atoms with Crippen LogP contribution in [0.3, 0.4) is 0 Å². The molecule has 3 rings (SSSR count). The summed E-state index contributed by atoms with van der Waals surface area (Å²) in [5.41, 5.74) is 9.34. The molecule has 82 valence electrons. The summed E-state index contributed by atoms with van der Waals surface area (Å²) in [7, 11) is 1.95. The molecule has 1 aromatic rings. The van der Waals surface area contributed by atoms with Gasteiger partial charge in [0.05, 0.1) is 5.69 Å². The third-order valence-corrected chi connectivity index (χ3v) is 4.15. The van der Waals surface area contributed by atoms with Crippen LogP contribution in [0.1, 0.15) is 56.2 Å². The first-order valence-corrected chi connectivity index (χ1v) is 5.87. The van der Waals surface area contributed by atoms with Gasteiger partial charge in [0.15, 0.2) is 0 Å². The Kier molecular flexibility index (Phi) is 1.59. The fourth-order valence-corrected chi connectivity index (χ4v) is 2.87. The number of rotatable bonds is 2. The van der Waals surface area contributed by atoms with Crippen LogP contribution in [0.2, 0.25) is 0 Å². The van der Waals surface area contributed by atoms with Crippen LogP contribution in [0, 0.1) is 5.41 Å². The number of aromatic nitrogens is 2. The van der Waals surface area contributed by atoms with Crippen LogP contribution < -0.4 is 5.73 Å². The van der Waals surface area contributed by atoms with Crippen LogP contribution in [-0.4, -0.2) is 9.78 Å². The van der Waals surface area contributed by atoms with Crippen molar-refractivity contribution in [3.63, 3.8) is 0 Å². The van der Waals surface area contributed by atoms with Gasteiger partial charge in [0, 0.05) is 18.5 Å². The molecule has 0 saturated heterocycles. The Balaban J connectivity index is 2.03. The zero-order chi connectivity index (χ0) is 10.8. The molecule has 2 N–H and O–H groups in total. The van der Waals surface area contributed by atoms with Gasteiger partial charge in [-0.2, -0.15) is 5.10 Å². The number of aryl methyl sites for hydroxylation is 1. The second-order valence-corrected chi connectivity index (χ2v) is 5.58. The average Bonchev–Trinajstić information content (AvgIpc) is 3.04. The Morgan fingerprint density at radius 3 is 2.60 bits per heavy atom. The molecule has 2 aliphatic carbocycles. The molecular formula is C12H19N3. The van der Waals surface area contributed by atoms with E-state index in [4.69, 9.17) is 5.73 Å². The molecule has 1 heterocycles. The molecular weight excluding hydrogens is 186 g/mol. The van der Waals surface area contributed by atoms with Gasteiger partial charge in [-0.3, -0.25) is 4.68 Å². The monoisotopic (exact) mass is 205 g/mol. The van der Waals surface area contributed by atoms with Crippen molar-refractivity contribution >= 4 is 5.82 Å². The molecule has 0 radical (unpaired) electrons. The minimum absolute atomic E-state index is 0.491. The Morgan fingerprint density at radius 2 is 2.13 bits per heavy atom. The molecule has 3 heteroatoms. The lowest BCUT2D eigenvalue weighted by Gasteiger charge is -2.06. The second kappa shape index (κ2) is 2.57. The van der Waals surface area contributed by atoms with Gasteiger partial charge in [0.25, 0.3) is 0 Å². The van der Waals surface area contributed by atoms with Gasteiger partial charge in [-0.1, -0.05) is 13.8 Å². The van der Waals surface area contributed by atoms with Crippen LogP contribution in [0.15, 0.2) is 0 Å². The maximum atomic E-state index is 6.08. The molecule has 2 saturated carbocycles. The highest BCUT2D eigenvalue weighted by molar-refractivity contribution is 5.49. The van der Waals surface area contributed by atoms with E-state index in [2.05, 4.69) is 18.9 Å². The second-order valence-electron chi connectivity index (χ2n) is 5.58. The van der Waals surface area contributed by atoms with E-state index in [0.29, 0.717) is 11.3 Å². The maximum absolute atomic E-state index is 6.08. The van der Waals surface area contributed by atoms with Gasteiger partial charge in [-0.15, -0.1) is 0 Å². The zero-order valence-electron chi connectivity index (χ0n) is 9.75. The van der Waals surface area contributed by atoms with Gasteiger partial charge in [-0.25, -0.2) is 0 Å². The number of anilines is 1. The predicted octanol–water partition coefficient (Wildman–Crippen LogP) is 2.39.